The Kier molecular flexibility index (Phi) is 3.82. The van der Waals surface area contributed by atoms with Crippen LogP contribution in [-0.4, -0.2) is 15.8 Å². The van der Waals surface area contributed by atoms with E-state index in [1.807, 2.05) is 31.2 Å². The number of nitrogens with zero attached hydrogens (tertiary/aromatic N) is 2. The molecule has 0 atom stereocenters. The molecule has 1 aromatic heterocycles. The normalized spacial score (nSPS) is 10.3. The van der Waals surface area contributed by atoms with E-state index >= 15 is 0 Å². The highest BCUT2D eigenvalue weighted by molar-refractivity contribution is 6.06. The Balaban J connectivity index is 2.20. The highest BCUT2D eigenvalue weighted by atomic mass is 16.1. The maximum atomic E-state index is 12.1. The Labute approximate surface area is 107 Å². The van der Waals surface area contributed by atoms with Crippen molar-refractivity contribution in [2.24, 2.45) is 0 Å². The zero-order valence-electron chi connectivity index (χ0n) is 10.7. The highest BCUT2D eigenvalue weighted by Gasteiger charge is 2.11. The van der Waals surface area contributed by atoms with Crippen LogP contribution in [0.4, 0.5) is 0 Å². The molecule has 0 spiro atoms. The molecule has 0 saturated heterocycles. The number of aryl methyl sites for hydroxylation is 2. The lowest BCUT2D eigenvalue weighted by Gasteiger charge is -2.02. The first-order valence-electron chi connectivity index (χ1n) is 6.13. The Hall–Kier alpha value is -2.03. The van der Waals surface area contributed by atoms with Crippen LogP contribution in [0.5, 0.6) is 0 Å². The molecule has 0 aliphatic carbocycles. The van der Waals surface area contributed by atoms with Gasteiger partial charge in [-0.05, 0) is 24.5 Å². The SMILES string of the molecule is CCCc1ccc(C(=O)c2ncc(C)cn2)cc1. The second-order valence-corrected chi connectivity index (χ2v) is 4.36. The lowest BCUT2D eigenvalue weighted by atomic mass is 10.1. The fourth-order valence-corrected chi connectivity index (χ4v) is 1.75. The first-order chi connectivity index (χ1) is 8.70. The third-order valence-electron chi connectivity index (χ3n) is 2.74. The average molecular weight is 240 g/mol. The van der Waals surface area contributed by atoms with Crippen molar-refractivity contribution in [1.82, 2.24) is 9.97 Å². The van der Waals surface area contributed by atoms with Crippen LogP contribution in [0, 0.1) is 6.92 Å². The fraction of sp³-hybridized carbons (Fsp3) is 0.267. The Morgan fingerprint density at radius 2 is 1.72 bits per heavy atom. The third-order valence-corrected chi connectivity index (χ3v) is 2.74. The second kappa shape index (κ2) is 5.54. The number of carbonyl (C=O) groups is 1. The first kappa shape index (κ1) is 12.4. The molecular weight excluding hydrogens is 224 g/mol. The summed E-state index contributed by atoms with van der Waals surface area (Å²) < 4.78 is 0. The van der Waals surface area contributed by atoms with Crippen LogP contribution >= 0.6 is 0 Å². The fourth-order valence-electron chi connectivity index (χ4n) is 1.75. The van der Waals surface area contributed by atoms with E-state index in [9.17, 15) is 4.79 Å². The van der Waals surface area contributed by atoms with E-state index in [2.05, 4.69) is 16.9 Å². The first-order valence-corrected chi connectivity index (χ1v) is 6.13. The van der Waals surface area contributed by atoms with E-state index < -0.39 is 0 Å². The molecule has 18 heavy (non-hydrogen) atoms. The molecule has 0 N–H and O–H groups in total. The van der Waals surface area contributed by atoms with Gasteiger partial charge in [0.25, 0.3) is 0 Å². The van der Waals surface area contributed by atoms with E-state index in [4.69, 9.17) is 0 Å². The lowest BCUT2D eigenvalue weighted by Crippen LogP contribution is -2.06. The van der Waals surface area contributed by atoms with Gasteiger partial charge in [0.05, 0.1) is 0 Å². The quantitative estimate of drug-likeness (QED) is 0.772. The molecule has 0 aliphatic rings. The summed E-state index contributed by atoms with van der Waals surface area (Å²) in [4.78, 5) is 20.2. The van der Waals surface area contributed by atoms with Gasteiger partial charge in [0.2, 0.25) is 11.6 Å². The van der Waals surface area contributed by atoms with Crippen molar-refractivity contribution in [3.8, 4) is 0 Å². The summed E-state index contributed by atoms with van der Waals surface area (Å²) in [5.41, 5.74) is 2.84. The summed E-state index contributed by atoms with van der Waals surface area (Å²) in [5.74, 6) is 0.127. The summed E-state index contributed by atoms with van der Waals surface area (Å²) in [6.45, 7) is 4.03. The van der Waals surface area contributed by atoms with Crippen molar-refractivity contribution >= 4 is 5.78 Å². The number of hydrogen-bond acceptors (Lipinski definition) is 3. The van der Waals surface area contributed by atoms with Crippen LogP contribution in [0.1, 0.15) is 40.7 Å². The van der Waals surface area contributed by atoms with Crippen molar-refractivity contribution in [1.29, 1.82) is 0 Å². The Bertz CT molecular complexity index is 529. The van der Waals surface area contributed by atoms with E-state index in [1.165, 1.54) is 5.56 Å². The molecule has 0 saturated carbocycles. The molecule has 2 aromatic rings. The predicted molar refractivity (Wildman–Crippen MR) is 70.6 cm³/mol. The van der Waals surface area contributed by atoms with Gasteiger partial charge in [-0.3, -0.25) is 4.79 Å². The molecule has 0 amide bonds. The molecule has 0 bridgehead atoms. The molecule has 2 rings (SSSR count). The summed E-state index contributed by atoms with van der Waals surface area (Å²) in [7, 11) is 0. The van der Waals surface area contributed by atoms with Gasteiger partial charge in [0.15, 0.2) is 0 Å². The predicted octanol–water partition coefficient (Wildman–Crippen LogP) is 2.97. The number of carbonyl (C=O) groups excluding carboxylic acids is 1. The molecular formula is C15H16N2O. The minimum absolute atomic E-state index is 0.127. The van der Waals surface area contributed by atoms with Gasteiger partial charge in [-0.2, -0.15) is 0 Å². The van der Waals surface area contributed by atoms with E-state index in [0.717, 1.165) is 18.4 Å². The minimum atomic E-state index is -0.127. The van der Waals surface area contributed by atoms with Crippen LogP contribution in [0.2, 0.25) is 0 Å². The van der Waals surface area contributed by atoms with Crippen LogP contribution < -0.4 is 0 Å². The number of ketones is 1. The molecule has 1 aromatic carbocycles. The number of benzene rings is 1. The highest BCUT2D eigenvalue weighted by Crippen LogP contribution is 2.10. The third kappa shape index (κ3) is 2.80. The molecule has 0 radical (unpaired) electrons. The van der Waals surface area contributed by atoms with Gasteiger partial charge in [-0.15, -0.1) is 0 Å². The number of hydrogen-bond donors (Lipinski definition) is 0. The largest absolute Gasteiger partial charge is 0.285 e. The average Bonchev–Trinajstić information content (AvgIpc) is 2.40. The van der Waals surface area contributed by atoms with Gasteiger partial charge in [-0.1, -0.05) is 37.6 Å². The second-order valence-electron chi connectivity index (χ2n) is 4.36. The molecule has 0 aliphatic heterocycles. The molecule has 3 nitrogen and oxygen atoms in total. The summed E-state index contributed by atoms with van der Waals surface area (Å²) in [6.07, 6.45) is 5.46. The van der Waals surface area contributed by atoms with Crippen molar-refractivity contribution in [2.45, 2.75) is 26.7 Å². The monoisotopic (exact) mass is 240 g/mol. The van der Waals surface area contributed by atoms with E-state index in [-0.39, 0.29) is 11.6 Å². The maximum Gasteiger partial charge on any atom is 0.230 e. The topological polar surface area (TPSA) is 42.9 Å². The van der Waals surface area contributed by atoms with Crippen molar-refractivity contribution < 1.29 is 4.79 Å². The summed E-state index contributed by atoms with van der Waals surface area (Å²) >= 11 is 0. The van der Waals surface area contributed by atoms with Gasteiger partial charge in [0, 0.05) is 18.0 Å². The van der Waals surface area contributed by atoms with Crippen LogP contribution in [0.3, 0.4) is 0 Å². The summed E-state index contributed by atoms with van der Waals surface area (Å²) in [6, 6.07) is 7.67. The van der Waals surface area contributed by atoms with Gasteiger partial charge < -0.3 is 0 Å². The van der Waals surface area contributed by atoms with Gasteiger partial charge in [-0.25, -0.2) is 9.97 Å². The van der Waals surface area contributed by atoms with Crippen LogP contribution in [0.25, 0.3) is 0 Å². The standard InChI is InChI=1S/C15H16N2O/c1-3-4-12-5-7-13(8-6-12)14(18)15-16-9-11(2)10-17-15/h5-10H,3-4H2,1-2H3. The zero-order chi connectivity index (χ0) is 13.0. The number of aromatic nitrogens is 2. The minimum Gasteiger partial charge on any atom is -0.285 e. The zero-order valence-corrected chi connectivity index (χ0v) is 10.7. The number of rotatable bonds is 4. The summed E-state index contributed by atoms with van der Waals surface area (Å²) in [5, 5.41) is 0. The van der Waals surface area contributed by atoms with Gasteiger partial charge >= 0.3 is 0 Å². The lowest BCUT2D eigenvalue weighted by molar-refractivity contribution is 0.102. The van der Waals surface area contributed by atoms with Crippen molar-refractivity contribution in [2.75, 3.05) is 0 Å². The molecule has 3 heteroatoms. The Morgan fingerprint density at radius 1 is 1.11 bits per heavy atom. The van der Waals surface area contributed by atoms with E-state index in [1.54, 1.807) is 12.4 Å². The van der Waals surface area contributed by atoms with Crippen LogP contribution in [0.15, 0.2) is 36.7 Å². The molecule has 1 heterocycles. The molecule has 0 fully saturated rings. The molecule has 92 valence electrons. The smallest absolute Gasteiger partial charge is 0.230 e. The van der Waals surface area contributed by atoms with Crippen molar-refractivity contribution in [3.05, 3.63) is 59.2 Å². The molecule has 0 unspecified atom stereocenters. The van der Waals surface area contributed by atoms with Crippen LogP contribution in [-0.2, 0) is 6.42 Å². The maximum absolute atomic E-state index is 12.1. The van der Waals surface area contributed by atoms with Crippen molar-refractivity contribution in [3.63, 3.8) is 0 Å². The Morgan fingerprint density at radius 3 is 2.28 bits per heavy atom. The van der Waals surface area contributed by atoms with Gasteiger partial charge in [0.1, 0.15) is 0 Å². The van der Waals surface area contributed by atoms with E-state index in [0.29, 0.717) is 5.56 Å².